The maximum Gasteiger partial charge on any atom is 0.296 e. The zero-order valence-electron chi connectivity index (χ0n) is 28.4. The van der Waals surface area contributed by atoms with Crippen molar-refractivity contribution < 1.29 is 48.3 Å². The van der Waals surface area contributed by atoms with Crippen molar-refractivity contribution in [2.75, 3.05) is 39.1 Å². The van der Waals surface area contributed by atoms with Gasteiger partial charge in [0.15, 0.2) is 11.5 Å². The molecule has 4 N–H and O–H groups in total. The van der Waals surface area contributed by atoms with E-state index in [2.05, 4.69) is 10.6 Å². The van der Waals surface area contributed by atoms with E-state index in [1.165, 1.54) is 34.5 Å². The van der Waals surface area contributed by atoms with Gasteiger partial charge in [0.25, 0.3) is 11.8 Å². The highest BCUT2D eigenvalue weighted by Crippen LogP contribution is 2.30. The number of carbonyl (C=O) groups is 4. The lowest BCUT2D eigenvalue weighted by molar-refractivity contribution is -0.132. The number of methoxy groups -OCH3 is 4. The van der Waals surface area contributed by atoms with E-state index in [0.29, 0.717) is 45.5 Å². The molecule has 4 rings (SSSR count). The molecule has 0 aromatic heterocycles. The van der Waals surface area contributed by atoms with E-state index >= 15 is 0 Å². The minimum absolute atomic E-state index is 0.258. The Bertz CT molecular complexity index is 1910. The lowest BCUT2D eigenvalue weighted by Gasteiger charge is -2.10. The highest BCUT2D eigenvalue weighted by Gasteiger charge is 2.17. The van der Waals surface area contributed by atoms with Crippen molar-refractivity contribution in [3.05, 3.63) is 119 Å². The molecule has 0 bridgehead atoms. The van der Waals surface area contributed by atoms with Gasteiger partial charge in [-0.25, -0.2) is 0 Å². The number of aliphatic hydroxyl groups excluding tert-OH is 2. The van der Waals surface area contributed by atoms with Gasteiger partial charge in [0.05, 0.1) is 34.1 Å². The molecule has 260 valence electrons. The van der Waals surface area contributed by atoms with E-state index in [-0.39, 0.29) is 11.5 Å². The summed E-state index contributed by atoms with van der Waals surface area (Å²) in [5.74, 6) is -2.22. The number of aliphatic hydroxyl groups is 2. The molecular formula is C38H38N2O10. The molecule has 50 heavy (non-hydrogen) atoms. The first kappa shape index (κ1) is 37.9. The standard InChI is InChI=1S/C19H19NO6.C19H19NO4/c1-24-14-6-4-5-12(9-14)15(21)11-16(22)19(23)20-13-7-8-17(25-2)18(10-13)26-3;1-12-4-7-14(8-5-12)16(21)11-17(22)19(23)20-15-10-13(2)6-9-18(15)24-3/h4-11,21H,1-3H3,(H,20,23);4-11,21H,1-3H3,(H,20,23). The number of hydrogen-bond donors (Lipinski definition) is 4. The van der Waals surface area contributed by atoms with Crippen molar-refractivity contribution in [2.45, 2.75) is 13.8 Å². The maximum absolute atomic E-state index is 12.0. The van der Waals surface area contributed by atoms with Gasteiger partial charge in [0.2, 0.25) is 11.6 Å². The topological polar surface area (TPSA) is 170 Å². The van der Waals surface area contributed by atoms with Crippen LogP contribution in [0, 0.1) is 13.8 Å². The first-order chi connectivity index (χ1) is 23.9. The molecule has 0 spiro atoms. The summed E-state index contributed by atoms with van der Waals surface area (Å²) in [6.07, 6.45) is 1.76. The monoisotopic (exact) mass is 682 g/mol. The van der Waals surface area contributed by atoms with Crippen molar-refractivity contribution >= 4 is 46.3 Å². The van der Waals surface area contributed by atoms with Crippen molar-refractivity contribution in [1.29, 1.82) is 0 Å². The summed E-state index contributed by atoms with van der Waals surface area (Å²) in [6.45, 7) is 3.78. The van der Waals surface area contributed by atoms with Crippen molar-refractivity contribution in [2.24, 2.45) is 0 Å². The van der Waals surface area contributed by atoms with Gasteiger partial charge in [-0.05, 0) is 55.8 Å². The summed E-state index contributed by atoms with van der Waals surface area (Å²) in [5, 5.41) is 25.0. The molecule has 0 radical (unpaired) electrons. The Kier molecular flexibility index (Phi) is 13.7. The van der Waals surface area contributed by atoms with E-state index in [4.69, 9.17) is 18.9 Å². The van der Waals surface area contributed by atoms with E-state index in [1.807, 2.05) is 32.0 Å². The second-order valence-corrected chi connectivity index (χ2v) is 10.6. The quantitative estimate of drug-likeness (QED) is 0.0762. The van der Waals surface area contributed by atoms with E-state index in [0.717, 1.165) is 23.3 Å². The van der Waals surface area contributed by atoms with Gasteiger partial charge in [-0.3, -0.25) is 19.2 Å². The van der Waals surface area contributed by atoms with Crippen LogP contribution in [0.2, 0.25) is 0 Å². The smallest absolute Gasteiger partial charge is 0.296 e. The normalized spacial score (nSPS) is 10.9. The van der Waals surface area contributed by atoms with Gasteiger partial charge in [-0.1, -0.05) is 48.0 Å². The molecule has 12 nitrogen and oxygen atoms in total. The lowest BCUT2D eigenvalue weighted by Crippen LogP contribution is -2.21. The number of nitrogens with one attached hydrogen (secondary N) is 2. The molecule has 0 heterocycles. The van der Waals surface area contributed by atoms with Crippen LogP contribution in [-0.2, 0) is 19.2 Å². The number of ether oxygens (including phenoxy) is 4. The predicted octanol–water partition coefficient (Wildman–Crippen LogP) is 6.24. The van der Waals surface area contributed by atoms with Crippen molar-refractivity contribution in [3.8, 4) is 23.0 Å². The Balaban J connectivity index is 0.000000271. The lowest BCUT2D eigenvalue weighted by atomic mass is 10.1. The fraction of sp³-hybridized carbons (Fsp3) is 0.158. The molecule has 0 fully saturated rings. The average Bonchev–Trinajstić information content (AvgIpc) is 3.12. The highest BCUT2D eigenvalue weighted by atomic mass is 16.5. The molecule has 0 aliphatic heterocycles. The van der Waals surface area contributed by atoms with Crippen LogP contribution in [0.3, 0.4) is 0 Å². The van der Waals surface area contributed by atoms with Crippen LogP contribution in [0.5, 0.6) is 23.0 Å². The Labute approximate surface area is 289 Å². The largest absolute Gasteiger partial charge is 0.507 e. The van der Waals surface area contributed by atoms with Gasteiger partial charge in [0.1, 0.15) is 23.0 Å². The Morgan fingerprint density at radius 2 is 1.12 bits per heavy atom. The minimum atomic E-state index is -0.903. The molecule has 0 saturated heterocycles. The third-order valence-electron chi connectivity index (χ3n) is 6.94. The fourth-order valence-electron chi connectivity index (χ4n) is 4.26. The third-order valence-corrected chi connectivity index (χ3v) is 6.94. The second-order valence-electron chi connectivity index (χ2n) is 10.6. The van der Waals surface area contributed by atoms with Crippen LogP contribution in [0.4, 0.5) is 11.4 Å². The Hall–Kier alpha value is -6.56. The summed E-state index contributed by atoms with van der Waals surface area (Å²) < 4.78 is 20.4. The number of hydrogen-bond acceptors (Lipinski definition) is 10. The van der Waals surface area contributed by atoms with Gasteiger partial charge in [-0.2, -0.15) is 0 Å². The summed E-state index contributed by atoms with van der Waals surface area (Å²) >= 11 is 0. The average molecular weight is 683 g/mol. The molecular weight excluding hydrogens is 644 g/mol. The summed E-state index contributed by atoms with van der Waals surface area (Å²) in [6, 6.07) is 23.4. The van der Waals surface area contributed by atoms with E-state index in [9.17, 15) is 29.4 Å². The SMILES string of the molecule is COc1ccc(C)cc1NC(=O)C(=O)C=C(O)c1ccc(C)cc1.COc1cccc(C(O)=CC(=O)C(=O)Nc2ccc(OC)c(OC)c2)c1. The summed E-state index contributed by atoms with van der Waals surface area (Å²) in [5.41, 5.74) is 3.53. The molecule has 4 aromatic rings. The molecule has 12 heteroatoms. The van der Waals surface area contributed by atoms with E-state index in [1.54, 1.807) is 60.7 Å². The predicted molar refractivity (Wildman–Crippen MR) is 190 cm³/mol. The second kappa shape index (κ2) is 18.1. The minimum Gasteiger partial charge on any atom is -0.507 e. The molecule has 2 amide bonds. The molecule has 0 atom stereocenters. The third kappa shape index (κ3) is 10.7. The first-order valence-corrected chi connectivity index (χ1v) is 15.0. The number of anilines is 2. The van der Waals surface area contributed by atoms with Crippen LogP contribution in [0.1, 0.15) is 22.3 Å². The number of carbonyl (C=O) groups excluding carboxylic acids is 4. The fourth-order valence-corrected chi connectivity index (χ4v) is 4.26. The molecule has 0 saturated carbocycles. The molecule has 0 aliphatic carbocycles. The summed E-state index contributed by atoms with van der Waals surface area (Å²) in [7, 11) is 5.92. The molecule has 0 aliphatic rings. The number of benzene rings is 4. The van der Waals surface area contributed by atoms with Crippen molar-refractivity contribution in [1.82, 2.24) is 0 Å². The number of rotatable bonds is 12. The van der Waals surface area contributed by atoms with Gasteiger partial charge in [0, 0.05) is 35.0 Å². The Morgan fingerprint density at radius 1 is 0.560 bits per heavy atom. The number of aryl methyl sites for hydroxylation is 2. The number of amides is 2. The number of ketones is 2. The summed E-state index contributed by atoms with van der Waals surface area (Å²) in [4.78, 5) is 48.1. The maximum atomic E-state index is 12.0. The van der Waals surface area contributed by atoms with Gasteiger partial charge >= 0.3 is 0 Å². The zero-order valence-corrected chi connectivity index (χ0v) is 28.4. The van der Waals surface area contributed by atoms with Gasteiger partial charge < -0.3 is 39.8 Å². The Morgan fingerprint density at radius 3 is 1.72 bits per heavy atom. The zero-order chi connectivity index (χ0) is 36.8. The molecule has 0 unspecified atom stereocenters. The van der Waals surface area contributed by atoms with Crippen LogP contribution >= 0.6 is 0 Å². The van der Waals surface area contributed by atoms with Crippen LogP contribution in [0.25, 0.3) is 11.5 Å². The highest BCUT2D eigenvalue weighted by molar-refractivity contribution is 6.46. The van der Waals surface area contributed by atoms with Crippen LogP contribution in [-0.4, -0.2) is 62.0 Å². The van der Waals surface area contributed by atoms with E-state index < -0.39 is 23.4 Å². The molecule has 4 aromatic carbocycles. The van der Waals surface area contributed by atoms with Crippen LogP contribution < -0.4 is 29.6 Å². The van der Waals surface area contributed by atoms with Crippen molar-refractivity contribution in [3.63, 3.8) is 0 Å². The van der Waals surface area contributed by atoms with Gasteiger partial charge in [-0.15, -0.1) is 0 Å². The first-order valence-electron chi connectivity index (χ1n) is 15.0. The van der Waals surface area contributed by atoms with Crippen LogP contribution in [0.15, 0.2) is 97.1 Å².